The monoisotopic (exact) mass is 463 g/mol. The van der Waals surface area contributed by atoms with Crippen LogP contribution in [0.25, 0.3) is 10.8 Å². The van der Waals surface area contributed by atoms with Crippen molar-refractivity contribution < 1.29 is 24.2 Å². The highest BCUT2D eigenvalue weighted by Gasteiger charge is 2.34. The summed E-state index contributed by atoms with van der Waals surface area (Å²) in [7, 11) is 0. The molecule has 0 saturated carbocycles. The van der Waals surface area contributed by atoms with Gasteiger partial charge in [0.1, 0.15) is 32.7 Å². The first-order chi connectivity index (χ1) is 16.0. The zero-order chi connectivity index (χ0) is 22.9. The van der Waals surface area contributed by atoms with Crippen molar-refractivity contribution in [2.45, 2.75) is 0 Å². The molecule has 0 aliphatic carbocycles. The molecule has 0 unspecified atom stereocenters. The molecule has 2 amide bonds. The lowest BCUT2D eigenvalue weighted by Crippen LogP contribution is -3.28. The van der Waals surface area contributed by atoms with Crippen LogP contribution in [0.5, 0.6) is 0 Å². The third kappa shape index (κ3) is 4.29. The molecule has 2 aliphatic rings. The van der Waals surface area contributed by atoms with Crippen LogP contribution in [-0.4, -0.2) is 68.3 Å². The van der Waals surface area contributed by atoms with E-state index in [1.807, 2.05) is 24.3 Å². The van der Waals surface area contributed by atoms with Crippen molar-refractivity contribution in [3.63, 3.8) is 0 Å². The number of nitrogens with zero attached hydrogens (tertiary/aromatic N) is 1. The average molecular weight is 464 g/mol. The van der Waals surface area contributed by atoms with E-state index in [2.05, 4.69) is 0 Å². The number of quaternary nitrogens is 2. The van der Waals surface area contributed by atoms with Gasteiger partial charge < -0.3 is 9.80 Å². The molecule has 2 N–H and O–H groups in total. The smallest absolute Gasteiger partial charge is 0.261 e. The standard InChI is InChI=1S/C26H24ClN3O3/c27-20-9-7-18(8-10-20)23(31)17-29-13-11-28(12-14-29)15-16-30-25(32)21-5-1-3-19-4-2-6-22(24(19)21)26(30)33/h1-10H,11-17H2/p+2. The number of benzene rings is 3. The van der Waals surface area contributed by atoms with Crippen molar-refractivity contribution in [1.82, 2.24) is 4.90 Å². The summed E-state index contributed by atoms with van der Waals surface area (Å²) in [4.78, 5) is 42.7. The maximum Gasteiger partial charge on any atom is 0.261 e. The van der Waals surface area contributed by atoms with Crippen LogP contribution in [0.2, 0.25) is 5.02 Å². The molecule has 2 heterocycles. The molecule has 0 aromatic heterocycles. The summed E-state index contributed by atoms with van der Waals surface area (Å²) in [5.41, 5.74) is 1.90. The third-order valence-corrected chi connectivity index (χ3v) is 7.04. The zero-order valence-electron chi connectivity index (χ0n) is 18.3. The second-order valence-electron chi connectivity index (χ2n) is 8.83. The van der Waals surface area contributed by atoms with Crippen molar-refractivity contribution in [2.24, 2.45) is 0 Å². The van der Waals surface area contributed by atoms with Crippen molar-refractivity contribution >= 4 is 40.0 Å². The summed E-state index contributed by atoms with van der Waals surface area (Å²) in [6.07, 6.45) is 0. The van der Waals surface area contributed by atoms with E-state index in [9.17, 15) is 14.4 Å². The molecule has 33 heavy (non-hydrogen) atoms. The third-order valence-electron chi connectivity index (χ3n) is 6.79. The average Bonchev–Trinajstić information content (AvgIpc) is 2.83. The van der Waals surface area contributed by atoms with Gasteiger partial charge in [-0.05, 0) is 41.8 Å². The van der Waals surface area contributed by atoms with Crippen molar-refractivity contribution in [1.29, 1.82) is 0 Å². The minimum Gasteiger partial charge on any atom is -0.324 e. The number of halogens is 1. The number of nitrogens with one attached hydrogen (secondary N) is 2. The number of carbonyl (C=O) groups is 3. The van der Waals surface area contributed by atoms with Crippen molar-refractivity contribution in [3.8, 4) is 0 Å². The Labute approximate surface area is 197 Å². The predicted molar refractivity (Wildman–Crippen MR) is 126 cm³/mol. The van der Waals surface area contributed by atoms with E-state index in [0.29, 0.717) is 41.3 Å². The fourth-order valence-electron chi connectivity index (χ4n) is 4.90. The molecular formula is C26H26ClN3O3+2. The van der Waals surface area contributed by atoms with E-state index < -0.39 is 0 Å². The van der Waals surface area contributed by atoms with Crippen molar-refractivity contribution in [3.05, 3.63) is 82.4 Å². The van der Waals surface area contributed by atoms with Crippen LogP contribution in [-0.2, 0) is 0 Å². The number of Topliss-reactive ketones (excluding diaryl/α,β-unsaturated/α-hetero) is 1. The van der Waals surface area contributed by atoms with Crippen LogP contribution >= 0.6 is 11.6 Å². The van der Waals surface area contributed by atoms with Gasteiger partial charge in [0.15, 0.2) is 0 Å². The van der Waals surface area contributed by atoms with E-state index in [1.54, 1.807) is 36.4 Å². The molecule has 1 fully saturated rings. The first-order valence-electron chi connectivity index (χ1n) is 11.3. The molecular weight excluding hydrogens is 438 g/mol. The molecule has 1 saturated heterocycles. The normalized spacial score (nSPS) is 20.3. The summed E-state index contributed by atoms with van der Waals surface area (Å²) in [5.74, 6) is -0.287. The summed E-state index contributed by atoms with van der Waals surface area (Å²) < 4.78 is 0. The predicted octanol–water partition coefficient (Wildman–Crippen LogP) is 0.756. The second kappa shape index (κ2) is 9.06. The second-order valence-corrected chi connectivity index (χ2v) is 9.26. The first kappa shape index (κ1) is 21.8. The summed E-state index contributed by atoms with van der Waals surface area (Å²) in [6, 6.07) is 18.2. The van der Waals surface area contributed by atoms with Crippen LogP contribution in [0.1, 0.15) is 31.1 Å². The van der Waals surface area contributed by atoms with Crippen LogP contribution < -0.4 is 9.80 Å². The number of piperazine rings is 1. The Morgan fingerprint density at radius 2 is 1.39 bits per heavy atom. The Hall–Kier alpha value is -3.06. The van der Waals surface area contributed by atoms with Crippen LogP contribution in [0.4, 0.5) is 0 Å². The number of ketones is 1. The molecule has 6 nitrogen and oxygen atoms in total. The Morgan fingerprint density at radius 3 is 2.00 bits per heavy atom. The zero-order valence-corrected chi connectivity index (χ0v) is 19.0. The van der Waals surface area contributed by atoms with E-state index >= 15 is 0 Å². The molecule has 3 aromatic rings. The van der Waals surface area contributed by atoms with Gasteiger partial charge in [0, 0.05) is 27.1 Å². The van der Waals surface area contributed by atoms with Crippen molar-refractivity contribution in [2.75, 3.05) is 45.8 Å². The minimum absolute atomic E-state index is 0.127. The van der Waals surface area contributed by atoms with Gasteiger partial charge in [-0.2, -0.15) is 0 Å². The molecule has 2 aliphatic heterocycles. The Bertz CT molecular complexity index is 1180. The molecule has 0 spiro atoms. The maximum absolute atomic E-state index is 13.1. The molecule has 3 aromatic carbocycles. The number of amides is 2. The van der Waals surface area contributed by atoms with Crippen LogP contribution in [0.3, 0.4) is 0 Å². The number of rotatable bonds is 6. The Balaban J connectivity index is 1.17. The van der Waals surface area contributed by atoms with Gasteiger partial charge in [-0.15, -0.1) is 0 Å². The van der Waals surface area contributed by atoms with Gasteiger partial charge in [-0.3, -0.25) is 19.3 Å². The Morgan fingerprint density at radius 1 is 0.818 bits per heavy atom. The first-order valence-corrected chi connectivity index (χ1v) is 11.7. The van der Waals surface area contributed by atoms with E-state index in [4.69, 9.17) is 11.6 Å². The van der Waals surface area contributed by atoms with Gasteiger partial charge >= 0.3 is 0 Å². The number of carbonyl (C=O) groups excluding carboxylic acids is 3. The quantitative estimate of drug-likeness (QED) is 0.419. The maximum atomic E-state index is 13.1. The Kier molecular flexibility index (Phi) is 5.98. The summed E-state index contributed by atoms with van der Waals surface area (Å²) >= 11 is 5.91. The van der Waals surface area contributed by atoms with Gasteiger partial charge in [0.25, 0.3) is 11.8 Å². The topological polar surface area (TPSA) is 63.3 Å². The van der Waals surface area contributed by atoms with E-state index in [1.165, 1.54) is 14.7 Å². The van der Waals surface area contributed by atoms with Crippen LogP contribution in [0, 0.1) is 0 Å². The number of hydrogen-bond donors (Lipinski definition) is 2. The number of hydrogen-bond acceptors (Lipinski definition) is 3. The molecule has 168 valence electrons. The minimum atomic E-state index is -0.207. The highest BCUT2D eigenvalue weighted by molar-refractivity contribution is 6.30. The van der Waals surface area contributed by atoms with E-state index in [-0.39, 0.29) is 17.6 Å². The molecule has 5 rings (SSSR count). The fourth-order valence-corrected chi connectivity index (χ4v) is 5.03. The van der Waals surface area contributed by atoms with Gasteiger partial charge in [0.05, 0.1) is 13.1 Å². The molecule has 7 heteroatoms. The SMILES string of the molecule is O=C(C[NH+]1CC[NH+](CCN2C(=O)c3cccc4cccc(c34)C2=O)CC1)c1ccc(Cl)cc1. The fraction of sp³-hybridized carbons (Fsp3) is 0.269. The van der Waals surface area contributed by atoms with Gasteiger partial charge in [0.2, 0.25) is 5.78 Å². The lowest BCUT2D eigenvalue weighted by Gasteiger charge is -2.32. The van der Waals surface area contributed by atoms with Gasteiger partial charge in [-0.1, -0.05) is 35.9 Å². The van der Waals surface area contributed by atoms with Gasteiger partial charge in [-0.25, -0.2) is 0 Å². The number of imide groups is 1. The molecule has 0 atom stereocenters. The lowest BCUT2D eigenvalue weighted by molar-refractivity contribution is -1.01. The summed E-state index contributed by atoms with van der Waals surface area (Å²) in [6.45, 7) is 5.18. The lowest BCUT2D eigenvalue weighted by atomic mass is 9.94. The molecule has 0 radical (unpaired) electrons. The largest absolute Gasteiger partial charge is 0.324 e. The highest BCUT2D eigenvalue weighted by atomic mass is 35.5. The van der Waals surface area contributed by atoms with E-state index in [0.717, 1.165) is 37.0 Å². The highest BCUT2D eigenvalue weighted by Crippen LogP contribution is 2.29. The van der Waals surface area contributed by atoms with Crippen LogP contribution in [0.15, 0.2) is 60.7 Å². The summed E-state index contributed by atoms with van der Waals surface area (Å²) in [5, 5.41) is 2.31. The molecule has 0 bridgehead atoms.